The van der Waals surface area contributed by atoms with Gasteiger partial charge in [0.2, 0.25) is 20.0 Å². The summed E-state index contributed by atoms with van der Waals surface area (Å²) in [4.78, 5) is -0.183. The van der Waals surface area contributed by atoms with E-state index in [2.05, 4.69) is 0 Å². The lowest BCUT2D eigenvalue weighted by Gasteiger charge is -2.17. The predicted molar refractivity (Wildman–Crippen MR) is 77.4 cm³/mol. The molecule has 1 saturated carbocycles. The van der Waals surface area contributed by atoms with Crippen molar-refractivity contribution in [2.75, 3.05) is 13.1 Å². The Hall–Kier alpha value is -0.960. The van der Waals surface area contributed by atoms with E-state index in [4.69, 9.17) is 5.14 Å². The second-order valence-corrected chi connectivity index (χ2v) is 9.29. The minimum Gasteiger partial charge on any atom is -0.225 e. The summed E-state index contributed by atoms with van der Waals surface area (Å²) in [7, 11) is -7.56. The van der Waals surface area contributed by atoms with E-state index in [0.717, 1.165) is 18.9 Å². The Morgan fingerprint density at radius 3 is 2.14 bits per heavy atom. The van der Waals surface area contributed by atoms with Crippen LogP contribution in [0.2, 0.25) is 0 Å². The second kappa shape index (κ2) is 5.05. The summed E-state index contributed by atoms with van der Waals surface area (Å²) in [6.45, 7) is 1.07. The molecule has 3 rings (SSSR count). The number of sulfonamides is 2. The first-order valence-corrected chi connectivity index (χ1v) is 9.90. The lowest BCUT2D eigenvalue weighted by atomic mass is 10.0. The number of benzene rings is 1. The van der Waals surface area contributed by atoms with Gasteiger partial charge >= 0.3 is 0 Å². The molecule has 2 unspecified atom stereocenters. The van der Waals surface area contributed by atoms with Gasteiger partial charge in [-0.25, -0.2) is 22.0 Å². The lowest BCUT2D eigenvalue weighted by molar-refractivity contribution is 0.445. The average molecular weight is 330 g/mol. The van der Waals surface area contributed by atoms with Crippen molar-refractivity contribution in [3.05, 3.63) is 24.3 Å². The molecule has 2 N–H and O–H groups in total. The lowest BCUT2D eigenvalue weighted by Crippen LogP contribution is -2.29. The van der Waals surface area contributed by atoms with E-state index in [1.807, 2.05) is 0 Å². The third-order valence-electron chi connectivity index (χ3n) is 4.46. The SMILES string of the molecule is NS(=O)(=O)c1cccc(S(=O)(=O)N2CC3CCCC3C2)c1. The molecule has 1 aliphatic carbocycles. The molecule has 0 bridgehead atoms. The number of fused-ring (bicyclic) bond motifs is 1. The highest BCUT2D eigenvalue weighted by Crippen LogP contribution is 2.39. The summed E-state index contributed by atoms with van der Waals surface area (Å²) in [6.07, 6.45) is 3.33. The van der Waals surface area contributed by atoms with E-state index < -0.39 is 20.0 Å². The van der Waals surface area contributed by atoms with Crippen molar-refractivity contribution in [2.24, 2.45) is 17.0 Å². The third-order valence-corrected chi connectivity index (χ3v) is 7.20. The quantitative estimate of drug-likeness (QED) is 0.884. The fourth-order valence-electron chi connectivity index (χ4n) is 3.35. The van der Waals surface area contributed by atoms with Crippen LogP contribution in [0.4, 0.5) is 0 Å². The predicted octanol–water partition coefficient (Wildman–Crippen LogP) is 0.755. The molecule has 0 radical (unpaired) electrons. The zero-order valence-electron chi connectivity index (χ0n) is 11.5. The van der Waals surface area contributed by atoms with Gasteiger partial charge in [0.05, 0.1) is 9.79 Å². The largest absolute Gasteiger partial charge is 0.243 e. The zero-order chi connectivity index (χ0) is 15.3. The van der Waals surface area contributed by atoms with Crippen LogP contribution in [0, 0.1) is 11.8 Å². The maximum Gasteiger partial charge on any atom is 0.243 e. The van der Waals surface area contributed by atoms with Crippen LogP contribution in [0.1, 0.15) is 19.3 Å². The second-order valence-electron chi connectivity index (χ2n) is 5.79. The van der Waals surface area contributed by atoms with Crippen LogP contribution in [0.15, 0.2) is 34.1 Å². The molecule has 6 nitrogen and oxygen atoms in total. The molecule has 1 heterocycles. The maximum atomic E-state index is 12.6. The van der Waals surface area contributed by atoms with Crippen molar-refractivity contribution < 1.29 is 16.8 Å². The van der Waals surface area contributed by atoms with Crippen molar-refractivity contribution in [3.8, 4) is 0 Å². The van der Waals surface area contributed by atoms with Crippen LogP contribution < -0.4 is 5.14 Å². The van der Waals surface area contributed by atoms with Gasteiger partial charge < -0.3 is 0 Å². The molecule has 8 heteroatoms. The summed E-state index contributed by atoms with van der Waals surface area (Å²) in [5.74, 6) is 0.891. The molecular weight excluding hydrogens is 312 g/mol. The summed E-state index contributed by atoms with van der Waals surface area (Å²) in [6, 6.07) is 5.26. The van der Waals surface area contributed by atoms with Crippen molar-refractivity contribution in [2.45, 2.75) is 29.1 Å². The highest BCUT2D eigenvalue weighted by molar-refractivity contribution is 7.90. The first-order valence-electron chi connectivity index (χ1n) is 6.91. The van der Waals surface area contributed by atoms with Gasteiger partial charge in [0.25, 0.3) is 0 Å². The summed E-state index contributed by atoms with van der Waals surface area (Å²) in [5.41, 5.74) is 0. The van der Waals surface area contributed by atoms with Crippen molar-refractivity contribution in [1.82, 2.24) is 4.31 Å². The van der Waals surface area contributed by atoms with E-state index >= 15 is 0 Å². The number of nitrogens with two attached hydrogens (primary N) is 1. The van der Waals surface area contributed by atoms with Crippen LogP contribution in [-0.2, 0) is 20.0 Å². The Bertz CT molecular complexity index is 746. The number of hydrogen-bond acceptors (Lipinski definition) is 4. The van der Waals surface area contributed by atoms with Gasteiger partial charge in [-0.3, -0.25) is 0 Å². The highest BCUT2D eigenvalue weighted by atomic mass is 32.2. The van der Waals surface area contributed by atoms with Gasteiger partial charge in [-0.05, 0) is 42.9 Å². The molecule has 1 aliphatic heterocycles. The normalized spacial score (nSPS) is 26.9. The Labute approximate surface area is 125 Å². The smallest absolute Gasteiger partial charge is 0.225 e. The molecule has 1 aromatic rings. The topological polar surface area (TPSA) is 97.5 Å². The van der Waals surface area contributed by atoms with Crippen LogP contribution in [0.25, 0.3) is 0 Å². The van der Waals surface area contributed by atoms with E-state index in [1.165, 1.54) is 28.9 Å². The maximum absolute atomic E-state index is 12.6. The van der Waals surface area contributed by atoms with Crippen molar-refractivity contribution in [1.29, 1.82) is 0 Å². The molecule has 21 heavy (non-hydrogen) atoms. The highest BCUT2D eigenvalue weighted by Gasteiger charge is 2.41. The first-order chi connectivity index (χ1) is 9.78. The fourth-order valence-corrected chi connectivity index (χ4v) is 5.58. The third kappa shape index (κ3) is 2.73. The Morgan fingerprint density at radius 2 is 1.57 bits per heavy atom. The van der Waals surface area contributed by atoms with E-state index in [9.17, 15) is 16.8 Å². The zero-order valence-corrected chi connectivity index (χ0v) is 13.1. The molecule has 1 aromatic carbocycles. The standard InChI is InChI=1S/C13H18N2O4S2/c14-20(16,17)12-5-2-6-13(7-12)21(18,19)15-8-10-3-1-4-11(10)9-15/h2,5-7,10-11H,1,3-4,8-9H2,(H2,14,16,17). The number of rotatable bonds is 3. The monoisotopic (exact) mass is 330 g/mol. The van der Waals surface area contributed by atoms with Gasteiger partial charge in [0, 0.05) is 13.1 Å². The summed E-state index contributed by atoms with van der Waals surface area (Å²) in [5, 5.41) is 5.06. The Kier molecular flexibility index (Phi) is 3.59. The van der Waals surface area contributed by atoms with Crippen molar-refractivity contribution >= 4 is 20.0 Å². The van der Waals surface area contributed by atoms with E-state index in [1.54, 1.807) is 0 Å². The molecule has 1 saturated heterocycles. The van der Waals surface area contributed by atoms with E-state index in [-0.39, 0.29) is 9.79 Å². The molecule has 2 aliphatic rings. The minimum absolute atomic E-state index is 0.00556. The summed E-state index contributed by atoms with van der Waals surface area (Å²) < 4.78 is 49.5. The molecule has 2 atom stereocenters. The fraction of sp³-hybridized carbons (Fsp3) is 0.538. The molecule has 0 aromatic heterocycles. The molecule has 116 valence electrons. The molecule has 0 amide bonds. The number of hydrogen-bond donors (Lipinski definition) is 1. The Balaban J connectivity index is 1.92. The van der Waals surface area contributed by atoms with Crippen molar-refractivity contribution in [3.63, 3.8) is 0 Å². The van der Waals surface area contributed by atoms with E-state index in [0.29, 0.717) is 24.9 Å². The first kappa shape index (κ1) is 15.0. The number of primary sulfonamides is 1. The van der Waals surface area contributed by atoms with Gasteiger partial charge in [-0.1, -0.05) is 12.5 Å². The van der Waals surface area contributed by atoms with Gasteiger partial charge in [-0.2, -0.15) is 4.31 Å². The van der Waals surface area contributed by atoms with Crippen LogP contribution in [0.5, 0.6) is 0 Å². The van der Waals surface area contributed by atoms with Gasteiger partial charge in [0.15, 0.2) is 0 Å². The van der Waals surface area contributed by atoms with Gasteiger partial charge in [0.1, 0.15) is 0 Å². The minimum atomic E-state index is -3.91. The van der Waals surface area contributed by atoms with Crippen LogP contribution >= 0.6 is 0 Å². The Morgan fingerprint density at radius 1 is 1.00 bits per heavy atom. The van der Waals surface area contributed by atoms with Gasteiger partial charge in [-0.15, -0.1) is 0 Å². The average Bonchev–Trinajstić information content (AvgIpc) is 2.98. The number of nitrogens with zero attached hydrogens (tertiary/aromatic N) is 1. The van der Waals surface area contributed by atoms with Crippen LogP contribution in [0.3, 0.4) is 0 Å². The summed E-state index contributed by atoms with van der Waals surface area (Å²) >= 11 is 0. The van der Waals surface area contributed by atoms with Crippen LogP contribution in [-0.4, -0.2) is 34.2 Å². The molecular formula is C13H18N2O4S2. The molecule has 0 spiro atoms. The molecule has 2 fully saturated rings.